The van der Waals surface area contributed by atoms with Gasteiger partial charge in [-0.15, -0.1) is 0 Å². The molecule has 144 valence electrons. The molecule has 0 N–H and O–H groups in total. The van der Waals surface area contributed by atoms with Gasteiger partial charge in [-0.2, -0.15) is 0 Å². The van der Waals surface area contributed by atoms with Crippen LogP contribution in [0.15, 0.2) is 66.7 Å². The van der Waals surface area contributed by atoms with Crippen LogP contribution in [0, 0.1) is 6.92 Å². The molecule has 5 nitrogen and oxygen atoms in total. The lowest BCUT2D eigenvalue weighted by Crippen LogP contribution is -2.32. The van der Waals surface area contributed by atoms with Crippen LogP contribution in [-0.4, -0.2) is 22.4 Å². The third-order valence-electron chi connectivity index (χ3n) is 5.23. The minimum Gasteiger partial charge on any atom is -0.477 e. The number of pyridine rings is 1. The van der Waals surface area contributed by atoms with E-state index in [1.54, 1.807) is 12.3 Å². The maximum Gasteiger partial charge on any atom is 0.231 e. The zero-order chi connectivity index (χ0) is 19.8. The number of Topliss-reactive ketones (excluding diaryl/α,β-unsaturated/α-hetero) is 1. The minimum atomic E-state index is -0.0841. The standard InChI is InChI=1S/C24H20N2O3/c1-16-23-19(14-26(15-28-23)13-18-8-5-9-25-12-18)11-20-22(27)21(29-24(16)20)10-17-6-3-2-4-7-17/h2-12H,13-15H2,1H3/b21-10+. The van der Waals surface area contributed by atoms with Crippen LogP contribution in [0.1, 0.15) is 32.6 Å². The quantitative estimate of drug-likeness (QED) is 0.628. The molecule has 3 heterocycles. The maximum atomic E-state index is 13.0. The van der Waals surface area contributed by atoms with Gasteiger partial charge in [-0.3, -0.25) is 14.7 Å². The van der Waals surface area contributed by atoms with E-state index in [0.717, 1.165) is 34.5 Å². The molecule has 0 saturated carbocycles. The fraction of sp³-hybridized carbons (Fsp3) is 0.167. The molecule has 2 aromatic carbocycles. The van der Waals surface area contributed by atoms with E-state index in [0.29, 0.717) is 30.3 Å². The molecule has 29 heavy (non-hydrogen) atoms. The molecule has 0 amide bonds. The third-order valence-corrected chi connectivity index (χ3v) is 5.23. The summed E-state index contributed by atoms with van der Waals surface area (Å²) in [5.74, 6) is 1.69. The van der Waals surface area contributed by atoms with Crippen molar-refractivity contribution in [3.63, 3.8) is 0 Å². The van der Waals surface area contributed by atoms with Gasteiger partial charge in [0.15, 0.2) is 5.76 Å². The molecular formula is C24H20N2O3. The minimum absolute atomic E-state index is 0.0841. The van der Waals surface area contributed by atoms with Crippen LogP contribution in [0.25, 0.3) is 6.08 Å². The Bertz CT molecular complexity index is 1110. The predicted octanol–water partition coefficient (Wildman–Crippen LogP) is 4.36. The highest BCUT2D eigenvalue weighted by Gasteiger charge is 2.33. The van der Waals surface area contributed by atoms with E-state index in [1.165, 1.54) is 0 Å². The molecule has 5 heteroatoms. The number of hydrogen-bond acceptors (Lipinski definition) is 5. The first-order chi connectivity index (χ1) is 14.2. The summed E-state index contributed by atoms with van der Waals surface area (Å²) in [4.78, 5) is 19.3. The molecule has 0 bridgehead atoms. The third kappa shape index (κ3) is 3.30. The second-order valence-electron chi connectivity index (χ2n) is 7.34. The summed E-state index contributed by atoms with van der Waals surface area (Å²) < 4.78 is 12.0. The fourth-order valence-electron chi connectivity index (χ4n) is 3.85. The van der Waals surface area contributed by atoms with E-state index in [1.807, 2.05) is 55.6 Å². The van der Waals surface area contributed by atoms with Crippen LogP contribution in [0.2, 0.25) is 0 Å². The highest BCUT2D eigenvalue weighted by molar-refractivity contribution is 6.15. The van der Waals surface area contributed by atoms with E-state index >= 15 is 0 Å². The summed E-state index contributed by atoms with van der Waals surface area (Å²) in [6.07, 6.45) is 5.42. The van der Waals surface area contributed by atoms with Crippen LogP contribution >= 0.6 is 0 Å². The van der Waals surface area contributed by atoms with Gasteiger partial charge in [-0.05, 0) is 36.3 Å². The first-order valence-electron chi connectivity index (χ1n) is 9.59. The SMILES string of the molecule is Cc1c2c(cc3c1O/C(=C/c1ccccc1)C3=O)CN(Cc1cccnc1)CO2. The van der Waals surface area contributed by atoms with Crippen LogP contribution in [0.5, 0.6) is 11.5 Å². The summed E-state index contributed by atoms with van der Waals surface area (Å²) in [6.45, 7) is 3.89. The molecule has 0 fully saturated rings. The largest absolute Gasteiger partial charge is 0.477 e. The van der Waals surface area contributed by atoms with Gasteiger partial charge in [0.1, 0.15) is 18.2 Å². The second-order valence-corrected chi connectivity index (χ2v) is 7.34. The van der Waals surface area contributed by atoms with Crippen molar-refractivity contribution in [2.75, 3.05) is 6.73 Å². The fourth-order valence-corrected chi connectivity index (χ4v) is 3.85. The van der Waals surface area contributed by atoms with Gasteiger partial charge in [0.2, 0.25) is 5.78 Å². The Hall–Kier alpha value is -3.44. The number of carbonyl (C=O) groups is 1. The Morgan fingerprint density at radius 3 is 2.79 bits per heavy atom. The monoisotopic (exact) mass is 384 g/mol. The molecule has 5 rings (SSSR count). The number of ketones is 1. The van der Waals surface area contributed by atoms with Crippen molar-refractivity contribution in [1.82, 2.24) is 9.88 Å². The Kier molecular flexibility index (Phi) is 4.37. The number of aromatic nitrogens is 1. The Labute approximate surface area is 169 Å². The Morgan fingerprint density at radius 2 is 2.00 bits per heavy atom. The average Bonchev–Trinajstić information content (AvgIpc) is 3.05. The normalized spacial score (nSPS) is 16.9. The predicted molar refractivity (Wildman–Crippen MR) is 110 cm³/mol. The van der Waals surface area contributed by atoms with Gasteiger partial charge < -0.3 is 9.47 Å². The summed E-state index contributed by atoms with van der Waals surface area (Å²) in [5.41, 5.74) is 4.56. The van der Waals surface area contributed by atoms with Gasteiger partial charge in [-0.25, -0.2) is 0 Å². The van der Waals surface area contributed by atoms with E-state index in [-0.39, 0.29) is 5.78 Å². The molecule has 0 spiro atoms. The smallest absolute Gasteiger partial charge is 0.231 e. The summed E-state index contributed by atoms with van der Waals surface area (Å²) in [5, 5.41) is 0. The molecule has 3 aromatic rings. The molecule has 0 unspecified atom stereocenters. The Balaban J connectivity index is 1.44. The van der Waals surface area contributed by atoms with Crippen molar-refractivity contribution in [3.05, 3.63) is 94.5 Å². The number of nitrogens with zero attached hydrogens (tertiary/aromatic N) is 2. The first kappa shape index (κ1) is 17.6. The number of fused-ring (bicyclic) bond motifs is 2. The lowest BCUT2D eigenvalue weighted by Gasteiger charge is -2.30. The lowest BCUT2D eigenvalue weighted by molar-refractivity contribution is 0.0876. The molecule has 2 aliphatic rings. The maximum absolute atomic E-state index is 13.0. The van der Waals surface area contributed by atoms with E-state index in [4.69, 9.17) is 9.47 Å². The van der Waals surface area contributed by atoms with Gasteiger partial charge in [0.25, 0.3) is 0 Å². The highest BCUT2D eigenvalue weighted by Crippen LogP contribution is 2.43. The van der Waals surface area contributed by atoms with Crippen LogP contribution < -0.4 is 9.47 Å². The molecule has 1 aromatic heterocycles. The number of rotatable bonds is 3. The van der Waals surface area contributed by atoms with Gasteiger partial charge in [0.05, 0.1) is 5.56 Å². The molecule has 0 aliphatic carbocycles. The summed E-state index contributed by atoms with van der Waals surface area (Å²) in [6, 6.07) is 15.6. The molecule has 2 aliphatic heterocycles. The van der Waals surface area contributed by atoms with Crippen molar-refractivity contribution < 1.29 is 14.3 Å². The lowest BCUT2D eigenvalue weighted by atomic mass is 10.00. The van der Waals surface area contributed by atoms with E-state index in [9.17, 15) is 4.79 Å². The van der Waals surface area contributed by atoms with Crippen molar-refractivity contribution in [1.29, 1.82) is 0 Å². The zero-order valence-electron chi connectivity index (χ0n) is 16.1. The van der Waals surface area contributed by atoms with Crippen molar-refractivity contribution in [2.24, 2.45) is 0 Å². The topological polar surface area (TPSA) is 51.7 Å². The van der Waals surface area contributed by atoms with Crippen molar-refractivity contribution in [3.8, 4) is 11.5 Å². The van der Waals surface area contributed by atoms with Crippen molar-refractivity contribution >= 4 is 11.9 Å². The number of allylic oxidation sites excluding steroid dienone is 1. The number of ether oxygens (including phenoxy) is 2. The molecular weight excluding hydrogens is 364 g/mol. The molecule has 0 atom stereocenters. The zero-order valence-corrected chi connectivity index (χ0v) is 16.1. The Morgan fingerprint density at radius 1 is 1.14 bits per heavy atom. The van der Waals surface area contributed by atoms with Crippen LogP contribution in [-0.2, 0) is 13.1 Å². The average molecular weight is 384 g/mol. The van der Waals surface area contributed by atoms with Gasteiger partial charge in [-0.1, -0.05) is 36.4 Å². The molecule has 0 saturated heterocycles. The second kappa shape index (κ2) is 7.18. The number of hydrogen-bond donors (Lipinski definition) is 0. The van der Waals surface area contributed by atoms with Crippen LogP contribution in [0.4, 0.5) is 0 Å². The van der Waals surface area contributed by atoms with E-state index < -0.39 is 0 Å². The molecule has 0 radical (unpaired) electrons. The number of benzene rings is 2. The van der Waals surface area contributed by atoms with Gasteiger partial charge in [0, 0.05) is 36.6 Å². The highest BCUT2D eigenvalue weighted by atomic mass is 16.5. The van der Waals surface area contributed by atoms with Crippen molar-refractivity contribution in [2.45, 2.75) is 20.0 Å². The van der Waals surface area contributed by atoms with Crippen LogP contribution in [0.3, 0.4) is 0 Å². The first-order valence-corrected chi connectivity index (χ1v) is 9.59. The van der Waals surface area contributed by atoms with Gasteiger partial charge >= 0.3 is 0 Å². The number of carbonyl (C=O) groups excluding carboxylic acids is 1. The summed E-state index contributed by atoms with van der Waals surface area (Å²) in [7, 11) is 0. The van der Waals surface area contributed by atoms with E-state index in [2.05, 4.69) is 16.0 Å². The summed E-state index contributed by atoms with van der Waals surface area (Å²) >= 11 is 0.